The van der Waals surface area contributed by atoms with Crippen LogP contribution in [0.1, 0.15) is 23.6 Å². The zero-order valence-corrected chi connectivity index (χ0v) is 19.4. The Bertz CT molecular complexity index is 1410. The molecule has 1 amide bonds. The third kappa shape index (κ3) is 4.52. The lowest BCUT2D eigenvalue weighted by molar-refractivity contribution is -0.131. The van der Waals surface area contributed by atoms with E-state index in [9.17, 15) is 23.9 Å². The Kier molecular flexibility index (Phi) is 6.41. The van der Waals surface area contributed by atoms with Gasteiger partial charge in [0.25, 0.3) is 11.5 Å². The van der Waals surface area contributed by atoms with Crippen LogP contribution in [-0.2, 0) is 18.9 Å². The van der Waals surface area contributed by atoms with Crippen LogP contribution < -0.4 is 21.3 Å². The van der Waals surface area contributed by atoms with Crippen LogP contribution in [0.15, 0.2) is 63.2 Å². The molecule has 0 fully saturated rings. The predicted molar refractivity (Wildman–Crippen MR) is 127 cm³/mol. The zero-order chi connectivity index (χ0) is 25.3. The summed E-state index contributed by atoms with van der Waals surface area (Å²) in [6, 6.07) is 12.1. The monoisotopic (exact) mass is 481 g/mol. The van der Waals surface area contributed by atoms with E-state index in [-0.39, 0.29) is 24.2 Å². The molecule has 2 aromatic carbocycles. The number of halogens is 1. The number of aromatic hydroxyl groups is 1. The molecule has 182 valence electrons. The first-order valence-corrected chi connectivity index (χ1v) is 10.7. The van der Waals surface area contributed by atoms with Gasteiger partial charge in [0.1, 0.15) is 17.1 Å². The first-order valence-electron chi connectivity index (χ1n) is 10.7. The van der Waals surface area contributed by atoms with Gasteiger partial charge in [-0.25, -0.2) is 14.2 Å². The van der Waals surface area contributed by atoms with Crippen molar-refractivity contribution in [1.82, 2.24) is 14.1 Å². The molecule has 4 rings (SSSR count). The van der Waals surface area contributed by atoms with Gasteiger partial charge in [0.05, 0.1) is 25.4 Å². The number of methoxy groups -OCH3 is 1. The van der Waals surface area contributed by atoms with Gasteiger partial charge in [-0.15, -0.1) is 0 Å². The maximum Gasteiger partial charge on any atom is 0.333 e. The van der Waals surface area contributed by atoms with Crippen molar-refractivity contribution in [3.8, 4) is 11.6 Å². The van der Waals surface area contributed by atoms with Gasteiger partial charge in [-0.3, -0.25) is 18.7 Å². The maximum absolute atomic E-state index is 13.2. The summed E-state index contributed by atoms with van der Waals surface area (Å²) in [6.07, 6.45) is 0.135. The molecule has 2 N–H and O–H groups in total. The fourth-order valence-electron chi connectivity index (χ4n) is 3.89. The highest BCUT2D eigenvalue weighted by atomic mass is 19.1. The van der Waals surface area contributed by atoms with Crippen molar-refractivity contribution >= 4 is 17.3 Å². The molecule has 1 unspecified atom stereocenters. The summed E-state index contributed by atoms with van der Waals surface area (Å²) in [5.74, 6) is -0.697. The summed E-state index contributed by atoms with van der Waals surface area (Å²) in [7, 11) is 4.19. The molecule has 1 aliphatic rings. The molecule has 0 saturated heterocycles. The normalized spacial score (nSPS) is 15.1. The van der Waals surface area contributed by atoms with Crippen molar-refractivity contribution in [3.05, 3.63) is 86.3 Å². The van der Waals surface area contributed by atoms with E-state index in [1.165, 1.54) is 43.4 Å². The molecule has 1 atom stereocenters. The minimum Gasteiger partial charge on any atom is -0.497 e. The third-order valence-electron chi connectivity index (χ3n) is 5.88. The molecule has 0 saturated carbocycles. The Balaban J connectivity index is 1.70. The summed E-state index contributed by atoms with van der Waals surface area (Å²) in [5, 5.41) is 19.2. The topological polar surface area (TPSA) is 118 Å². The number of hydrogen-bond donors (Lipinski definition) is 2. The standard InChI is InChI=1S/C24H24FN5O5/c1-28-22(32)21(23(33)29(2)24(28)34)18-12-19(14-4-10-17(35-3)11-5-14)30(27-18)20(31)13-26-16-8-6-15(25)7-9-16/h4-11,19,26,32H,12-13H2,1-3H3. The van der Waals surface area contributed by atoms with Crippen LogP contribution in [0.25, 0.3) is 0 Å². The lowest BCUT2D eigenvalue weighted by Crippen LogP contribution is -2.39. The summed E-state index contributed by atoms with van der Waals surface area (Å²) < 4.78 is 20.2. The molecule has 11 heteroatoms. The molecule has 3 aromatic rings. The molecule has 2 heterocycles. The fraction of sp³-hybridized carbons (Fsp3) is 0.250. The van der Waals surface area contributed by atoms with Crippen LogP contribution in [0.3, 0.4) is 0 Å². The minimum atomic E-state index is -0.712. The molecule has 0 bridgehead atoms. The van der Waals surface area contributed by atoms with Crippen molar-refractivity contribution in [3.63, 3.8) is 0 Å². The first-order chi connectivity index (χ1) is 16.7. The number of nitrogens with one attached hydrogen (secondary N) is 1. The molecular weight excluding hydrogens is 457 g/mol. The van der Waals surface area contributed by atoms with Gasteiger partial charge >= 0.3 is 5.69 Å². The van der Waals surface area contributed by atoms with Crippen LogP contribution in [0.5, 0.6) is 11.6 Å². The quantitative estimate of drug-likeness (QED) is 0.554. The van der Waals surface area contributed by atoms with Gasteiger partial charge in [0, 0.05) is 26.2 Å². The van der Waals surface area contributed by atoms with E-state index in [1.807, 2.05) is 0 Å². The number of ether oxygens (including phenoxy) is 1. The van der Waals surface area contributed by atoms with Crippen molar-refractivity contribution in [2.24, 2.45) is 19.2 Å². The number of hydrazone groups is 1. The Morgan fingerprint density at radius 3 is 2.40 bits per heavy atom. The number of amides is 1. The van der Waals surface area contributed by atoms with E-state index >= 15 is 0 Å². The molecule has 1 aromatic heterocycles. The van der Waals surface area contributed by atoms with Crippen molar-refractivity contribution in [2.75, 3.05) is 19.0 Å². The number of rotatable bonds is 6. The minimum absolute atomic E-state index is 0.135. The number of aromatic nitrogens is 2. The van der Waals surface area contributed by atoms with Crippen molar-refractivity contribution in [2.45, 2.75) is 12.5 Å². The number of carbonyl (C=O) groups is 1. The average molecular weight is 481 g/mol. The van der Waals surface area contributed by atoms with Crippen LogP contribution in [0.2, 0.25) is 0 Å². The average Bonchev–Trinajstić information content (AvgIpc) is 3.31. The Hall–Kier alpha value is -4.41. The second-order valence-electron chi connectivity index (χ2n) is 8.04. The third-order valence-corrected chi connectivity index (χ3v) is 5.88. The van der Waals surface area contributed by atoms with Gasteiger partial charge in [-0.2, -0.15) is 5.10 Å². The van der Waals surface area contributed by atoms with E-state index in [0.717, 1.165) is 14.7 Å². The van der Waals surface area contributed by atoms with E-state index in [1.54, 1.807) is 31.4 Å². The second kappa shape index (κ2) is 9.45. The summed E-state index contributed by atoms with van der Waals surface area (Å²) in [5.41, 5.74) is -0.0753. The van der Waals surface area contributed by atoms with E-state index < -0.39 is 34.9 Å². The molecular formula is C24H24FN5O5. The fourth-order valence-corrected chi connectivity index (χ4v) is 3.89. The van der Waals surface area contributed by atoms with Crippen LogP contribution >= 0.6 is 0 Å². The highest BCUT2D eigenvalue weighted by Gasteiger charge is 2.35. The molecule has 0 spiro atoms. The summed E-state index contributed by atoms with van der Waals surface area (Å²) in [4.78, 5) is 38.2. The van der Waals surface area contributed by atoms with E-state index in [4.69, 9.17) is 4.74 Å². The van der Waals surface area contributed by atoms with Gasteiger partial charge in [0.15, 0.2) is 0 Å². The number of hydrogen-bond acceptors (Lipinski definition) is 7. The first kappa shape index (κ1) is 23.7. The van der Waals surface area contributed by atoms with Crippen molar-refractivity contribution < 1.29 is 19.0 Å². The smallest absolute Gasteiger partial charge is 0.333 e. The highest BCUT2D eigenvalue weighted by molar-refractivity contribution is 6.04. The van der Waals surface area contributed by atoms with Crippen LogP contribution in [0, 0.1) is 5.82 Å². The molecule has 0 radical (unpaired) electrons. The molecule has 35 heavy (non-hydrogen) atoms. The Morgan fingerprint density at radius 1 is 1.11 bits per heavy atom. The zero-order valence-electron chi connectivity index (χ0n) is 19.4. The summed E-state index contributed by atoms with van der Waals surface area (Å²) in [6.45, 7) is -0.146. The van der Waals surface area contributed by atoms with E-state index in [2.05, 4.69) is 10.4 Å². The Morgan fingerprint density at radius 2 is 1.77 bits per heavy atom. The van der Waals surface area contributed by atoms with Crippen molar-refractivity contribution in [1.29, 1.82) is 0 Å². The van der Waals surface area contributed by atoms with Crippen LogP contribution in [-0.4, -0.2) is 44.5 Å². The molecule has 10 nitrogen and oxygen atoms in total. The van der Waals surface area contributed by atoms with Gasteiger partial charge in [-0.1, -0.05) is 12.1 Å². The SMILES string of the molecule is COc1ccc(C2CC(c3c(O)n(C)c(=O)n(C)c3=O)=NN2C(=O)CNc2ccc(F)cc2)cc1. The highest BCUT2D eigenvalue weighted by Crippen LogP contribution is 2.34. The lowest BCUT2D eigenvalue weighted by atomic mass is 9.99. The largest absolute Gasteiger partial charge is 0.497 e. The lowest BCUT2D eigenvalue weighted by Gasteiger charge is -2.22. The van der Waals surface area contributed by atoms with Gasteiger partial charge in [-0.05, 0) is 42.0 Å². The predicted octanol–water partition coefficient (Wildman–Crippen LogP) is 1.73. The molecule has 0 aliphatic carbocycles. The number of carbonyl (C=O) groups excluding carboxylic acids is 1. The second-order valence-corrected chi connectivity index (χ2v) is 8.04. The number of benzene rings is 2. The molecule has 1 aliphatic heterocycles. The number of nitrogens with zero attached hydrogens (tertiary/aromatic N) is 4. The van der Waals surface area contributed by atoms with E-state index in [0.29, 0.717) is 11.4 Å². The number of anilines is 1. The van der Waals surface area contributed by atoms with Gasteiger partial charge in [0.2, 0.25) is 5.88 Å². The summed E-state index contributed by atoms with van der Waals surface area (Å²) >= 11 is 0. The van der Waals surface area contributed by atoms with Gasteiger partial charge < -0.3 is 15.2 Å². The van der Waals surface area contributed by atoms with Crippen LogP contribution in [0.4, 0.5) is 10.1 Å². The Labute approximate surface area is 199 Å². The maximum atomic E-state index is 13.2.